The number of carbonyl (C=O) groups excluding carboxylic acids is 2. The molecule has 2 amide bonds. The normalized spacial score (nSPS) is 26.8. The Morgan fingerprint density at radius 3 is 2.53 bits per heavy atom. The van der Waals surface area contributed by atoms with Crippen LogP contribution in [-0.4, -0.2) is 71.4 Å². The number of nitriles is 1. The number of hydrogen-bond acceptors (Lipinski definition) is 6. The van der Waals surface area contributed by atoms with Crippen LogP contribution in [0, 0.1) is 29.1 Å². The van der Waals surface area contributed by atoms with E-state index in [0.717, 1.165) is 50.9 Å². The summed E-state index contributed by atoms with van der Waals surface area (Å²) >= 11 is 0. The summed E-state index contributed by atoms with van der Waals surface area (Å²) in [5.41, 5.74) is 1.58. The molecule has 0 bridgehead atoms. The zero-order valence-electron chi connectivity index (χ0n) is 21.3. The Kier molecular flexibility index (Phi) is 8.86. The van der Waals surface area contributed by atoms with E-state index in [1.54, 1.807) is 4.90 Å². The molecule has 196 valence electrons. The third-order valence-electron chi connectivity index (χ3n) is 8.58. The summed E-state index contributed by atoms with van der Waals surface area (Å²) in [6, 6.07) is 9.93. The number of para-hydroxylation sites is 1. The second kappa shape index (κ2) is 12.1. The number of aliphatic hydroxyl groups excluding tert-OH is 2. The highest BCUT2D eigenvalue weighted by atomic mass is 16.3. The molecule has 8 heteroatoms. The van der Waals surface area contributed by atoms with E-state index in [9.17, 15) is 25.1 Å². The highest BCUT2D eigenvalue weighted by Gasteiger charge is 2.41. The quantitative estimate of drug-likeness (QED) is 0.534. The molecule has 0 spiro atoms. The van der Waals surface area contributed by atoms with Crippen molar-refractivity contribution in [1.82, 2.24) is 10.2 Å². The van der Waals surface area contributed by atoms with Crippen LogP contribution in [0.25, 0.3) is 0 Å². The number of nitrogens with zero attached hydrogens (tertiary/aromatic N) is 3. The zero-order chi connectivity index (χ0) is 25.7. The van der Waals surface area contributed by atoms with Crippen LogP contribution in [0.5, 0.6) is 0 Å². The minimum Gasteiger partial charge on any atom is -0.380 e. The Bertz CT molecular complexity index is 957. The van der Waals surface area contributed by atoms with Crippen molar-refractivity contribution in [2.24, 2.45) is 17.8 Å². The van der Waals surface area contributed by atoms with Gasteiger partial charge < -0.3 is 25.3 Å². The molecule has 5 atom stereocenters. The molecule has 3 N–H and O–H groups in total. The molecule has 2 saturated heterocycles. The van der Waals surface area contributed by atoms with Crippen LogP contribution in [0.2, 0.25) is 0 Å². The topological polar surface area (TPSA) is 117 Å². The maximum Gasteiger partial charge on any atom is 0.254 e. The maximum atomic E-state index is 13.0. The number of carbonyl (C=O) groups is 2. The number of rotatable bonds is 7. The summed E-state index contributed by atoms with van der Waals surface area (Å²) in [5.74, 6) is -0.308. The highest BCUT2D eigenvalue weighted by molar-refractivity contribution is 5.91. The van der Waals surface area contributed by atoms with E-state index in [-0.39, 0.29) is 17.9 Å². The van der Waals surface area contributed by atoms with E-state index in [0.29, 0.717) is 24.6 Å². The van der Waals surface area contributed by atoms with Gasteiger partial charge in [0.15, 0.2) is 12.2 Å². The maximum absolute atomic E-state index is 13.0. The molecule has 1 aromatic carbocycles. The summed E-state index contributed by atoms with van der Waals surface area (Å²) in [5, 5.41) is 33.3. The minimum atomic E-state index is -1.77. The molecular formula is C28H40N4O4. The van der Waals surface area contributed by atoms with Crippen molar-refractivity contribution in [2.75, 3.05) is 31.1 Å². The number of likely N-dealkylation sites (tertiary alicyclic amines) is 1. The molecule has 1 unspecified atom stereocenters. The Balaban J connectivity index is 1.27. The van der Waals surface area contributed by atoms with Gasteiger partial charge in [0.1, 0.15) is 6.07 Å². The van der Waals surface area contributed by atoms with Crippen molar-refractivity contribution in [3.8, 4) is 6.07 Å². The molecule has 8 nitrogen and oxygen atoms in total. The van der Waals surface area contributed by atoms with Crippen LogP contribution in [0.15, 0.2) is 24.3 Å². The van der Waals surface area contributed by atoms with E-state index in [1.807, 2.05) is 24.3 Å². The van der Waals surface area contributed by atoms with Gasteiger partial charge in [0.25, 0.3) is 11.8 Å². The average Bonchev–Trinajstić information content (AvgIpc) is 3.41. The van der Waals surface area contributed by atoms with Gasteiger partial charge in [-0.05, 0) is 62.0 Å². The summed E-state index contributed by atoms with van der Waals surface area (Å²) < 4.78 is 0. The molecule has 1 aliphatic carbocycles. The molecule has 0 radical (unpaired) electrons. The Morgan fingerprint density at radius 2 is 1.81 bits per heavy atom. The van der Waals surface area contributed by atoms with E-state index < -0.39 is 24.0 Å². The second-order valence-electron chi connectivity index (χ2n) is 10.9. The first-order valence-electron chi connectivity index (χ1n) is 13.6. The summed E-state index contributed by atoms with van der Waals surface area (Å²) in [6.07, 6.45) is 4.95. The van der Waals surface area contributed by atoms with Crippen LogP contribution >= 0.6 is 0 Å². The molecule has 3 aliphatic rings. The van der Waals surface area contributed by atoms with Crippen molar-refractivity contribution >= 4 is 17.5 Å². The standard InChI is InChI=1S/C28H40N4O4/c1-19-18-31(23-11-6-5-10-21(23)16-29)15-13-22(19)17-30-27(35)25(33)26(34)28(36)32-14-7-12-24(32)20-8-3-2-4-9-20/h5-6,10-11,19-20,22,24-26,33-34H,2-4,7-9,12-15,17-18H2,1H3,(H,30,35)/t19-,22?,24-,25-,26-/m1/s1. The fraction of sp³-hybridized carbons (Fsp3) is 0.679. The van der Waals surface area contributed by atoms with Gasteiger partial charge in [-0.1, -0.05) is 38.3 Å². The van der Waals surface area contributed by atoms with Gasteiger partial charge in [-0.25, -0.2) is 0 Å². The monoisotopic (exact) mass is 496 g/mol. The van der Waals surface area contributed by atoms with E-state index in [2.05, 4.69) is 23.2 Å². The van der Waals surface area contributed by atoms with Crippen LogP contribution in [0.3, 0.4) is 0 Å². The predicted molar refractivity (Wildman–Crippen MR) is 137 cm³/mol. The molecular weight excluding hydrogens is 456 g/mol. The van der Waals surface area contributed by atoms with Crippen LogP contribution < -0.4 is 10.2 Å². The SMILES string of the molecule is C[C@@H]1CN(c2ccccc2C#N)CCC1CNC(=O)[C@H](O)[C@@H](O)C(=O)N1CCC[C@@H]1C1CCCCC1. The van der Waals surface area contributed by atoms with Crippen molar-refractivity contribution in [1.29, 1.82) is 5.26 Å². The molecule has 3 fully saturated rings. The highest BCUT2D eigenvalue weighted by Crippen LogP contribution is 2.35. The number of nitrogens with one attached hydrogen (secondary N) is 1. The minimum absolute atomic E-state index is 0.111. The predicted octanol–water partition coefficient (Wildman–Crippen LogP) is 2.43. The van der Waals surface area contributed by atoms with E-state index in [1.165, 1.54) is 19.3 Å². The van der Waals surface area contributed by atoms with Gasteiger partial charge in [-0.15, -0.1) is 0 Å². The van der Waals surface area contributed by atoms with Crippen molar-refractivity contribution in [2.45, 2.75) is 76.5 Å². The molecule has 2 aliphatic heterocycles. The number of anilines is 1. The first-order valence-corrected chi connectivity index (χ1v) is 13.6. The van der Waals surface area contributed by atoms with Crippen molar-refractivity contribution < 1.29 is 19.8 Å². The van der Waals surface area contributed by atoms with Gasteiger partial charge >= 0.3 is 0 Å². The summed E-state index contributed by atoms with van der Waals surface area (Å²) in [6.45, 7) is 4.60. The number of hydrogen-bond donors (Lipinski definition) is 3. The van der Waals surface area contributed by atoms with E-state index >= 15 is 0 Å². The average molecular weight is 497 g/mol. The smallest absolute Gasteiger partial charge is 0.254 e. The lowest BCUT2D eigenvalue weighted by molar-refractivity contribution is -0.154. The fourth-order valence-corrected chi connectivity index (χ4v) is 6.42. The molecule has 4 rings (SSSR count). The van der Waals surface area contributed by atoms with Crippen molar-refractivity contribution in [3.63, 3.8) is 0 Å². The zero-order valence-corrected chi connectivity index (χ0v) is 21.3. The fourth-order valence-electron chi connectivity index (χ4n) is 6.42. The van der Waals surface area contributed by atoms with Gasteiger partial charge in [0.05, 0.1) is 11.3 Å². The molecule has 0 aromatic heterocycles. The lowest BCUT2D eigenvalue weighted by atomic mass is 9.83. The first kappa shape index (κ1) is 26.4. The number of amides is 2. The Hall–Kier alpha value is -2.63. The first-order chi connectivity index (χ1) is 17.4. The van der Waals surface area contributed by atoms with Gasteiger partial charge in [-0.2, -0.15) is 5.26 Å². The Morgan fingerprint density at radius 1 is 1.06 bits per heavy atom. The number of benzene rings is 1. The summed E-state index contributed by atoms with van der Waals surface area (Å²) in [4.78, 5) is 29.6. The third kappa shape index (κ3) is 5.84. The van der Waals surface area contributed by atoms with Gasteiger partial charge in [0, 0.05) is 32.2 Å². The molecule has 2 heterocycles. The third-order valence-corrected chi connectivity index (χ3v) is 8.58. The number of piperidine rings is 1. The second-order valence-corrected chi connectivity index (χ2v) is 10.9. The van der Waals surface area contributed by atoms with Gasteiger partial charge in [0.2, 0.25) is 0 Å². The lowest BCUT2D eigenvalue weighted by Crippen LogP contribution is -2.54. The van der Waals surface area contributed by atoms with Crippen LogP contribution in [0.4, 0.5) is 5.69 Å². The van der Waals surface area contributed by atoms with Crippen LogP contribution in [0.1, 0.15) is 63.9 Å². The number of aliphatic hydroxyl groups is 2. The Labute approximate surface area is 214 Å². The molecule has 1 saturated carbocycles. The van der Waals surface area contributed by atoms with E-state index in [4.69, 9.17) is 0 Å². The molecule has 36 heavy (non-hydrogen) atoms. The van der Waals surface area contributed by atoms with Crippen LogP contribution in [-0.2, 0) is 9.59 Å². The summed E-state index contributed by atoms with van der Waals surface area (Å²) in [7, 11) is 0. The lowest BCUT2D eigenvalue weighted by Gasteiger charge is -2.39. The van der Waals surface area contributed by atoms with Gasteiger partial charge in [-0.3, -0.25) is 9.59 Å². The molecule has 1 aromatic rings. The van der Waals surface area contributed by atoms with Crippen molar-refractivity contribution in [3.05, 3.63) is 29.8 Å². The largest absolute Gasteiger partial charge is 0.380 e.